The molecule has 1 aliphatic carbocycles. The summed E-state index contributed by atoms with van der Waals surface area (Å²) in [4.78, 5) is 2.58. The molecule has 0 radical (unpaired) electrons. The second-order valence-electron chi connectivity index (χ2n) is 6.97. The zero-order chi connectivity index (χ0) is 16.9. The van der Waals surface area contributed by atoms with Gasteiger partial charge in [0.25, 0.3) is 0 Å². The molecule has 2 aromatic rings. The Morgan fingerprint density at radius 2 is 2.08 bits per heavy atom. The van der Waals surface area contributed by atoms with E-state index in [1.165, 1.54) is 12.0 Å². The van der Waals surface area contributed by atoms with Crippen LogP contribution in [0.25, 0.3) is 0 Å². The van der Waals surface area contributed by atoms with E-state index in [-0.39, 0.29) is 12.2 Å². The van der Waals surface area contributed by atoms with E-state index in [0.717, 1.165) is 45.7 Å². The van der Waals surface area contributed by atoms with Crippen LogP contribution in [0.4, 0.5) is 0 Å². The lowest BCUT2D eigenvalue weighted by Crippen LogP contribution is -2.51. The number of fused-ring (bicyclic) bond motifs is 1. The SMILES string of the molecule is c1ccc(CN2CCO[C@H]3[C@H](OCCCn4cccn4)CC[C@@H]32)cc1. The smallest absolute Gasteiger partial charge is 0.0992 e. The normalized spacial score (nSPS) is 26.6. The number of aryl methyl sites for hydroxylation is 1. The van der Waals surface area contributed by atoms with Crippen LogP contribution < -0.4 is 0 Å². The van der Waals surface area contributed by atoms with Crippen molar-refractivity contribution in [3.63, 3.8) is 0 Å². The minimum atomic E-state index is 0.224. The Kier molecular flexibility index (Phi) is 5.45. The van der Waals surface area contributed by atoms with Gasteiger partial charge in [-0.3, -0.25) is 9.58 Å². The molecule has 2 fully saturated rings. The van der Waals surface area contributed by atoms with Crippen molar-refractivity contribution in [3.8, 4) is 0 Å². The summed E-state index contributed by atoms with van der Waals surface area (Å²) < 4.78 is 14.2. The minimum Gasteiger partial charge on any atom is -0.375 e. The van der Waals surface area contributed by atoms with Crippen LogP contribution in [-0.2, 0) is 22.6 Å². The lowest BCUT2D eigenvalue weighted by atomic mass is 10.1. The van der Waals surface area contributed by atoms with Gasteiger partial charge in [-0.2, -0.15) is 5.10 Å². The Balaban J connectivity index is 1.27. The van der Waals surface area contributed by atoms with E-state index in [1.54, 1.807) is 0 Å². The van der Waals surface area contributed by atoms with E-state index in [4.69, 9.17) is 9.47 Å². The summed E-state index contributed by atoms with van der Waals surface area (Å²) in [5.41, 5.74) is 1.38. The van der Waals surface area contributed by atoms with Crippen LogP contribution in [0.3, 0.4) is 0 Å². The van der Waals surface area contributed by atoms with Crippen LogP contribution in [0.5, 0.6) is 0 Å². The molecule has 0 amide bonds. The average molecular weight is 341 g/mol. The van der Waals surface area contributed by atoms with Gasteiger partial charge >= 0.3 is 0 Å². The fourth-order valence-corrected chi connectivity index (χ4v) is 4.08. The Morgan fingerprint density at radius 1 is 1.16 bits per heavy atom. The highest BCUT2D eigenvalue weighted by Gasteiger charge is 2.43. The predicted molar refractivity (Wildman–Crippen MR) is 96.2 cm³/mol. The molecule has 1 aliphatic heterocycles. The van der Waals surface area contributed by atoms with Gasteiger partial charge in [0.1, 0.15) is 0 Å². The summed E-state index contributed by atoms with van der Waals surface area (Å²) in [5, 5.41) is 4.23. The van der Waals surface area contributed by atoms with E-state index >= 15 is 0 Å². The molecular formula is C20H27N3O2. The topological polar surface area (TPSA) is 39.5 Å². The third-order valence-electron chi connectivity index (χ3n) is 5.30. The predicted octanol–water partition coefficient (Wildman–Crippen LogP) is 2.72. The first-order valence-electron chi connectivity index (χ1n) is 9.39. The lowest BCUT2D eigenvalue weighted by Gasteiger charge is -2.39. The fourth-order valence-electron chi connectivity index (χ4n) is 4.08. The minimum absolute atomic E-state index is 0.224. The maximum absolute atomic E-state index is 6.18. The molecule has 4 rings (SSSR count). The highest BCUT2D eigenvalue weighted by Crippen LogP contribution is 2.33. The molecule has 1 saturated heterocycles. The Hall–Kier alpha value is -1.69. The highest BCUT2D eigenvalue weighted by atomic mass is 16.5. The van der Waals surface area contributed by atoms with Crippen LogP contribution >= 0.6 is 0 Å². The van der Waals surface area contributed by atoms with E-state index in [0.29, 0.717) is 6.04 Å². The molecule has 25 heavy (non-hydrogen) atoms. The molecule has 0 bridgehead atoms. The van der Waals surface area contributed by atoms with Gasteiger partial charge < -0.3 is 9.47 Å². The lowest BCUT2D eigenvalue weighted by molar-refractivity contribution is -0.115. The van der Waals surface area contributed by atoms with Gasteiger partial charge in [-0.1, -0.05) is 30.3 Å². The van der Waals surface area contributed by atoms with Crippen LogP contribution in [0.15, 0.2) is 48.8 Å². The zero-order valence-electron chi connectivity index (χ0n) is 14.7. The maximum Gasteiger partial charge on any atom is 0.0992 e. The summed E-state index contributed by atoms with van der Waals surface area (Å²) in [6, 6.07) is 13.2. The van der Waals surface area contributed by atoms with Gasteiger partial charge in [-0.15, -0.1) is 0 Å². The zero-order valence-corrected chi connectivity index (χ0v) is 14.7. The number of morpholine rings is 1. The van der Waals surface area contributed by atoms with Crippen molar-refractivity contribution in [2.75, 3.05) is 19.8 Å². The second-order valence-corrected chi connectivity index (χ2v) is 6.97. The number of nitrogens with zero attached hydrogens (tertiary/aromatic N) is 3. The van der Waals surface area contributed by atoms with E-state index in [9.17, 15) is 0 Å². The molecule has 0 N–H and O–H groups in total. The van der Waals surface area contributed by atoms with Gasteiger partial charge in [0, 0.05) is 44.7 Å². The van der Waals surface area contributed by atoms with Crippen molar-refractivity contribution >= 4 is 0 Å². The van der Waals surface area contributed by atoms with Crippen LogP contribution in [0, 0.1) is 0 Å². The molecule has 3 atom stereocenters. The third-order valence-corrected chi connectivity index (χ3v) is 5.30. The van der Waals surface area contributed by atoms with Crippen LogP contribution in [0.2, 0.25) is 0 Å². The second kappa shape index (κ2) is 8.13. The van der Waals surface area contributed by atoms with Crippen molar-refractivity contribution < 1.29 is 9.47 Å². The summed E-state index contributed by atoms with van der Waals surface area (Å²) >= 11 is 0. The van der Waals surface area contributed by atoms with E-state index in [1.807, 2.05) is 23.1 Å². The molecule has 2 aliphatic rings. The van der Waals surface area contributed by atoms with Crippen LogP contribution in [0.1, 0.15) is 24.8 Å². The van der Waals surface area contributed by atoms with Gasteiger partial charge in [0.2, 0.25) is 0 Å². The van der Waals surface area contributed by atoms with Crippen molar-refractivity contribution in [2.45, 2.75) is 50.6 Å². The Labute approximate surface area is 149 Å². The monoisotopic (exact) mass is 341 g/mol. The largest absolute Gasteiger partial charge is 0.375 e. The number of benzene rings is 1. The number of ether oxygens (including phenoxy) is 2. The molecule has 0 spiro atoms. The average Bonchev–Trinajstić information content (AvgIpc) is 3.30. The molecule has 1 aromatic carbocycles. The summed E-state index contributed by atoms with van der Waals surface area (Å²) in [6.07, 6.45) is 7.53. The maximum atomic E-state index is 6.18. The summed E-state index contributed by atoms with van der Waals surface area (Å²) in [7, 11) is 0. The third kappa shape index (κ3) is 4.11. The molecule has 134 valence electrons. The molecule has 0 unspecified atom stereocenters. The molecule has 5 nitrogen and oxygen atoms in total. The highest BCUT2D eigenvalue weighted by molar-refractivity contribution is 5.15. The van der Waals surface area contributed by atoms with Crippen molar-refractivity contribution in [1.82, 2.24) is 14.7 Å². The van der Waals surface area contributed by atoms with Gasteiger partial charge in [0.15, 0.2) is 0 Å². The fraction of sp³-hybridized carbons (Fsp3) is 0.550. The van der Waals surface area contributed by atoms with Crippen molar-refractivity contribution in [2.24, 2.45) is 0 Å². The molecule has 1 aromatic heterocycles. The van der Waals surface area contributed by atoms with Gasteiger partial charge in [-0.05, 0) is 30.9 Å². The molecule has 1 saturated carbocycles. The molecule has 2 heterocycles. The standard InChI is InChI=1S/C20H27N3O2/c1-2-6-17(7-3-1)16-22-13-15-25-20-18(22)8-9-19(20)24-14-5-12-23-11-4-10-21-23/h1-4,6-7,10-11,18-20H,5,8-9,12-16H2/t18-,19+,20+/m0/s1. The number of aromatic nitrogens is 2. The first-order chi connectivity index (χ1) is 12.4. The first-order valence-corrected chi connectivity index (χ1v) is 9.39. The summed E-state index contributed by atoms with van der Waals surface area (Å²) in [6.45, 7) is 4.52. The van der Waals surface area contributed by atoms with E-state index in [2.05, 4.69) is 40.3 Å². The van der Waals surface area contributed by atoms with Gasteiger partial charge in [0.05, 0.1) is 18.8 Å². The Bertz CT molecular complexity index is 632. The molecular weight excluding hydrogens is 314 g/mol. The quantitative estimate of drug-likeness (QED) is 0.726. The Morgan fingerprint density at radius 3 is 2.92 bits per heavy atom. The number of rotatable bonds is 7. The first kappa shape index (κ1) is 16.8. The number of hydrogen-bond donors (Lipinski definition) is 0. The van der Waals surface area contributed by atoms with Crippen LogP contribution in [-0.4, -0.2) is 52.7 Å². The van der Waals surface area contributed by atoms with Gasteiger partial charge in [-0.25, -0.2) is 0 Å². The molecule has 5 heteroatoms. The summed E-state index contributed by atoms with van der Waals surface area (Å²) in [5.74, 6) is 0. The van der Waals surface area contributed by atoms with Crippen molar-refractivity contribution in [1.29, 1.82) is 0 Å². The van der Waals surface area contributed by atoms with E-state index < -0.39 is 0 Å². The van der Waals surface area contributed by atoms with Crippen molar-refractivity contribution in [3.05, 3.63) is 54.4 Å². The number of hydrogen-bond acceptors (Lipinski definition) is 4.